The highest BCUT2D eigenvalue weighted by molar-refractivity contribution is 5.93. The number of rotatable bonds is 5. The summed E-state index contributed by atoms with van der Waals surface area (Å²) >= 11 is 0. The first kappa shape index (κ1) is 16.8. The van der Waals surface area contributed by atoms with E-state index in [1.807, 2.05) is 36.4 Å². The number of nitrogens with one attached hydrogen (secondary N) is 2. The van der Waals surface area contributed by atoms with Crippen molar-refractivity contribution in [3.05, 3.63) is 78.4 Å². The lowest BCUT2D eigenvalue weighted by atomic mass is 10.0. The molecule has 0 saturated carbocycles. The minimum atomic E-state index is 0.193. The number of aromatic nitrogens is 2. The molecule has 4 aromatic rings. The maximum absolute atomic E-state index is 5.71. The highest BCUT2D eigenvalue weighted by Gasteiger charge is 2.07. The van der Waals surface area contributed by atoms with Crippen molar-refractivity contribution in [3.8, 4) is 11.1 Å². The average Bonchev–Trinajstić information content (AvgIpc) is 2.72. The first-order chi connectivity index (χ1) is 13.2. The molecule has 0 amide bonds. The summed E-state index contributed by atoms with van der Waals surface area (Å²) in [6, 6.07) is 24.6. The lowest BCUT2D eigenvalue weighted by molar-refractivity contribution is 1.15. The van der Waals surface area contributed by atoms with Gasteiger partial charge in [-0.15, -0.1) is 0 Å². The van der Waals surface area contributed by atoms with Crippen LogP contribution in [0.3, 0.4) is 0 Å². The number of nitrogen functional groups attached to an aromatic ring is 2. The van der Waals surface area contributed by atoms with Crippen LogP contribution in [0.4, 0.5) is 17.5 Å². The second kappa shape index (κ2) is 7.31. The number of para-hydroxylation sites is 1. The smallest absolute Gasteiger partial charge is 0.222 e. The topological polar surface area (TPSA) is 102 Å². The molecule has 0 bridgehead atoms. The van der Waals surface area contributed by atoms with Crippen LogP contribution >= 0.6 is 0 Å². The van der Waals surface area contributed by atoms with Gasteiger partial charge >= 0.3 is 0 Å². The molecule has 0 atom stereocenters. The Kier molecular flexibility index (Phi) is 4.55. The van der Waals surface area contributed by atoms with E-state index in [0.717, 1.165) is 34.3 Å². The number of hydrogen-bond acceptors (Lipinski definition) is 6. The number of hydrazine groups is 1. The molecule has 134 valence electrons. The fourth-order valence-electron chi connectivity index (χ4n) is 3.01. The first-order valence-electron chi connectivity index (χ1n) is 8.65. The Balaban J connectivity index is 1.57. The van der Waals surface area contributed by atoms with Gasteiger partial charge in [0.15, 0.2) is 5.82 Å². The summed E-state index contributed by atoms with van der Waals surface area (Å²) in [6.45, 7) is 0.774. The molecule has 0 fully saturated rings. The van der Waals surface area contributed by atoms with Crippen LogP contribution in [-0.2, 0) is 6.54 Å². The SMILES string of the molecule is NNc1nc(N)nc2ccc(-c3ccc(CNc4ccccc4)cc3)cc12. The number of hydrogen-bond donors (Lipinski definition) is 4. The van der Waals surface area contributed by atoms with Crippen LogP contribution < -0.4 is 22.3 Å². The molecule has 0 saturated heterocycles. The largest absolute Gasteiger partial charge is 0.381 e. The van der Waals surface area contributed by atoms with Crippen LogP contribution in [0.5, 0.6) is 0 Å². The molecular weight excluding hydrogens is 336 g/mol. The lowest BCUT2D eigenvalue weighted by Gasteiger charge is -2.10. The molecule has 27 heavy (non-hydrogen) atoms. The zero-order chi connectivity index (χ0) is 18.6. The van der Waals surface area contributed by atoms with Crippen LogP contribution in [0, 0.1) is 0 Å². The van der Waals surface area contributed by atoms with E-state index in [9.17, 15) is 0 Å². The van der Waals surface area contributed by atoms with Gasteiger partial charge in [0.1, 0.15) is 0 Å². The van der Waals surface area contributed by atoms with Crippen molar-refractivity contribution in [3.63, 3.8) is 0 Å². The number of anilines is 3. The second-order valence-corrected chi connectivity index (χ2v) is 6.22. The molecule has 6 nitrogen and oxygen atoms in total. The Morgan fingerprint density at radius 3 is 2.30 bits per heavy atom. The van der Waals surface area contributed by atoms with Gasteiger partial charge in [-0.05, 0) is 41.0 Å². The summed E-state index contributed by atoms with van der Waals surface area (Å²) in [4.78, 5) is 8.39. The molecule has 0 unspecified atom stereocenters. The fraction of sp³-hybridized carbons (Fsp3) is 0.0476. The van der Waals surface area contributed by atoms with Crippen molar-refractivity contribution < 1.29 is 0 Å². The van der Waals surface area contributed by atoms with E-state index in [0.29, 0.717) is 5.82 Å². The van der Waals surface area contributed by atoms with Crippen LogP contribution in [-0.4, -0.2) is 9.97 Å². The number of nitrogens with two attached hydrogens (primary N) is 2. The van der Waals surface area contributed by atoms with Crippen LogP contribution in [0.2, 0.25) is 0 Å². The van der Waals surface area contributed by atoms with E-state index in [1.165, 1.54) is 5.56 Å². The minimum Gasteiger partial charge on any atom is -0.381 e. The van der Waals surface area contributed by atoms with Gasteiger partial charge in [0.25, 0.3) is 0 Å². The summed E-state index contributed by atoms with van der Waals surface area (Å²) < 4.78 is 0. The third-order valence-electron chi connectivity index (χ3n) is 4.41. The molecule has 1 heterocycles. The molecule has 6 heteroatoms. The van der Waals surface area contributed by atoms with Gasteiger partial charge in [0.05, 0.1) is 5.52 Å². The van der Waals surface area contributed by atoms with Gasteiger partial charge in [-0.2, -0.15) is 4.98 Å². The molecule has 1 aromatic heterocycles. The van der Waals surface area contributed by atoms with E-state index in [2.05, 4.69) is 57.1 Å². The Morgan fingerprint density at radius 1 is 0.815 bits per heavy atom. The molecule has 0 aliphatic rings. The van der Waals surface area contributed by atoms with Gasteiger partial charge in [0, 0.05) is 17.6 Å². The highest BCUT2D eigenvalue weighted by atomic mass is 15.3. The third kappa shape index (κ3) is 3.65. The maximum atomic E-state index is 5.71. The van der Waals surface area contributed by atoms with Crippen LogP contribution in [0.1, 0.15) is 5.56 Å². The summed E-state index contributed by atoms with van der Waals surface area (Å²) in [5, 5.41) is 4.25. The highest BCUT2D eigenvalue weighted by Crippen LogP contribution is 2.28. The molecular formula is C21H20N6. The van der Waals surface area contributed by atoms with Gasteiger partial charge < -0.3 is 16.5 Å². The summed E-state index contributed by atoms with van der Waals surface area (Å²) in [6.07, 6.45) is 0. The van der Waals surface area contributed by atoms with Crippen molar-refractivity contribution in [2.45, 2.75) is 6.54 Å². The van der Waals surface area contributed by atoms with E-state index in [-0.39, 0.29) is 5.95 Å². The zero-order valence-electron chi connectivity index (χ0n) is 14.7. The van der Waals surface area contributed by atoms with E-state index in [4.69, 9.17) is 11.6 Å². The summed E-state index contributed by atoms with van der Waals surface area (Å²) in [7, 11) is 0. The molecule has 0 spiro atoms. The number of benzene rings is 3. The monoisotopic (exact) mass is 356 g/mol. The van der Waals surface area contributed by atoms with Crippen LogP contribution in [0.15, 0.2) is 72.8 Å². The van der Waals surface area contributed by atoms with Crippen molar-refractivity contribution in [2.75, 3.05) is 16.5 Å². The van der Waals surface area contributed by atoms with Crippen molar-refractivity contribution in [1.29, 1.82) is 0 Å². The van der Waals surface area contributed by atoms with E-state index in [1.54, 1.807) is 0 Å². The fourth-order valence-corrected chi connectivity index (χ4v) is 3.01. The molecule has 3 aromatic carbocycles. The van der Waals surface area contributed by atoms with Gasteiger partial charge in [0.2, 0.25) is 5.95 Å². The van der Waals surface area contributed by atoms with Crippen molar-refractivity contribution in [2.24, 2.45) is 5.84 Å². The van der Waals surface area contributed by atoms with Crippen molar-refractivity contribution >= 4 is 28.4 Å². The van der Waals surface area contributed by atoms with Gasteiger partial charge in [-0.1, -0.05) is 48.5 Å². The minimum absolute atomic E-state index is 0.193. The first-order valence-corrected chi connectivity index (χ1v) is 8.65. The number of fused-ring (bicyclic) bond motifs is 1. The van der Waals surface area contributed by atoms with Gasteiger partial charge in [-0.25, -0.2) is 10.8 Å². The summed E-state index contributed by atoms with van der Waals surface area (Å²) in [5.41, 5.74) is 13.6. The standard InChI is InChI=1S/C21H20N6/c22-21-25-19-11-10-16(12-18(19)20(26-21)27-23)15-8-6-14(7-9-15)13-24-17-4-2-1-3-5-17/h1-12,24H,13,23H2,(H3,22,25,26,27). The Labute approximate surface area is 157 Å². The summed E-state index contributed by atoms with van der Waals surface area (Å²) in [5.74, 6) is 6.28. The zero-order valence-corrected chi connectivity index (χ0v) is 14.7. The Morgan fingerprint density at radius 2 is 1.56 bits per heavy atom. The molecule has 0 aliphatic carbocycles. The van der Waals surface area contributed by atoms with E-state index < -0.39 is 0 Å². The lowest BCUT2D eigenvalue weighted by Crippen LogP contribution is -2.11. The molecule has 0 aliphatic heterocycles. The number of nitrogens with zero attached hydrogens (tertiary/aromatic N) is 2. The predicted molar refractivity (Wildman–Crippen MR) is 111 cm³/mol. The maximum Gasteiger partial charge on any atom is 0.222 e. The second-order valence-electron chi connectivity index (χ2n) is 6.22. The predicted octanol–water partition coefficient (Wildman–Crippen LogP) is 3.78. The quantitative estimate of drug-likeness (QED) is 0.321. The van der Waals surface area contributed by atoms with Crippen LogP contribution in [0.25, 0.3) is 22.0 Å². The van der Waals surface area contributed by atoms with E-state index >= 15 is 0 Å². The third-order valence-corrected chi connectivity index (χ3v) is 4.41. The molecule has 0 radical (unpaired) electrons. The van der Waals surface area contributed by atoms with Crippen molar-refractivity contribution in [1.82, 2.24) is 9.97 Å². The molecule has 6 N–H and O–H groups in total. The average molecular weight is 356 g/mol. The Hall–Kier alpha value is -3.64. The normalized spacial score (nSPS) is 10.7. The van der Waals surface area contributed by atoms with Gasteiger partial charge in [-0.3, -0.25) is 0 Å². The Bertz CT molecular complexity index is 1060. The molecule has 4 rings (SSSR count).